The van der Waals surface area contributed by atoms with Crippen LogP contribution in [0.3, 0.4) is 0 Å². The number of hydrogen-bond acceptors (Lipinski definition) is 4. The molecule has 0 saturated heterocycles. The minimum absolute atomic E-state index is 0.0123. The second kappa shape index (κ2) is 8.39. The number of halogens is 5. The van der Waals surface area contributed by atoms with Crippen molar-refractivity contribution in [2.45, 2.75) is 6.54 Å². The summed E-state index contributed by atoms with van der Waals surface area (Å²) in [6.45, 7) is -0.743. The number of carbonyl (C=O) groups is 1. The van der Waals surface area contributed by atoms with E-state index in [2.05, 4.69) is 10.4 Å². The first-order valence-corrected chi connectivity index (χ1v) is 8.34. The molecule has 30 heavy (non-hydrogen) atoms. The molecule has 1 amide bonds. The number of benzene rings is 2. The number of nitrogens with one attached hydrogen (secondary N) is 1. The maximum absolute atomic E-state index is 13.8. The van der Waals surface area contributed by atoms with Gasteiger partial charge in [-0.3, -0.25) is 9.48 Å². The van der Waals surface area contributed by atoms with Crippen LogP contribution in [0.4, 0.5) is 27.8 Å². The smallest absolute Gasteiger partial charge is 0.260 e. The van der Waals surface area contributed by atoms with Crippen LogP contribution in [0.5, 0.6) is 11.5 Å². The number of hydrogen-bond donors (Lipinski definition) is 1. The average molecular weight is 427 g/mol. The van der Waals surface area contributed by atoms with E-state index < -0.39 is 47.1 Å². The predicted molar refractivity (Wildman–Crippen MR) is 95.1 cm³/mol. The maximum atomic E-state index is 13.8. The van der Waals surface area contributed by atoms with E-state index in [4.69, 9.17) is 9.47 Å². The van der Waals surface area contributed by atoms with Crippen molar-refractivity contribution in [2.24, 2.45) is 0 Å². The van der Waals surface area contributed by atoms with Crippen LogP contribution in [-0.2, 0) is 6.54 Å². The zero-order valence-corrected chi connectivity index (χ0v) is 15.6. The van der Waals surface area contributed by atoms with E-state index in [0.29, 0.717) is 5.75 Å². The summed E-state index contributed by atoms with van der Waals surface area (Å²) in [5, 5.41) is 6.32. The molecule has 2 aromatic carbocycles. The summed E-state index contributed by atoms with van der Waals surface area (Å²) in [6.07, 6.45) is 1.21. The lowest BCUT2D eigenvalue weighted by Crippen LogP contribution is -2.15. The number of rotatable bonds is 6. The number of anilines is 1. The van der Waals surface area contributed by atoms with Crippen molar-refractivity contribution in [3.05, 3.63) is 70.7 Å². The van der Waals surface area contributed by atoms with Gasteiger partial charge in [-0.05, 0) is 12.1 Å². The van der Waals surface area contributed by atoms with Gasteiger partial charge in [-0.2, -0.15) is 5.10 Å². The lowest BCUT2D eigenvalue weighted by molar-refractivity contribution is 0.102. The summed E-state index contributed by atoms with van der Waals surface area (Å²) in [4.78, 5) is 12.5. The summed E-state index contributed by atoms with van der Waals surface area (Å²) in [6, 6.07) is 5.79. The van der Waals surface area contributed by atoms with Crippen LogP contribution >= 0.6 is 0 Å². The van der Waals surface area contributed by atoms with Crippen LogP contribution in [-0.4, -0.2) is 29.9 Å². The van der Waals surface area contributed by atoms with Crippen molar-refractivity contribution < 1.29 is 36.2 Å². The van der Waals surface area contributed by atoms with Crippen LogP contribution in [0.2, 0.25) is 0 Å². The molecule has 0 saturated carbocycles. The number of carbonyl (C=O) groups excluding carboxylic acids is 1. The third-order valence-corrected chi connectivity index (χ3v) is 4.16. The quantitative estimate of drug-likeness (QED) is 0.368. The minimum Gasteiger partial charge on any atom is -0.497 e. The van der Waals surface area contributed by atoms with Crippen molar-refractivity contribution >= 4 is 11.7 Å². The molecule has 0 aliphatic heterocycles. The van der Waals surface area contributed by atoms with Crippen molar-refractivity contribution in [3.8, 4) is 11.5 Å². The fraction of sp³-hybridized carbons (Fsp3) is 0.158. The number of amides is 1. The SMILES string of the molecule is COc1ccc(C(=O)Nc2ccn(Cc3c(F)c(F)c(F)c(F)c3F)n2)c(OC)c1. The highest BCUT2D eigenvalue weighted by Gasteiger charge is 2.26. The Kier molecular flexibility index (Phi) is 5.90. The molecule has 6 nitrogen and oxygen atoms in total. The molecular weight excluding hydrogens is 413 g/mol. The van der Waals surface area contributed by atoms with Gasteiger partial charge >= 0.3 is 0 Å². The van der Waals surface area contributed by atoms with Gasteiger partial charge in [0, 0.05) is 18.3 Å². The Bertz CT molecular complexity index is 1090. The van der Waals surface area contributed by atoms with Crippen LogP contribution in [0.15, 0.2) is 30.5 Å². The molecule has 158 valence electrons. The van der Waals surface area contributed by atoms with Gasteiger partial charge in [0.15, 0.2) is 29.1 Å². The highest BCUT2D eigenvalue weighted by molar-refractivity contribution is 6.05. The zero-order valence-electron chi connectivity index (χ0n) is 15.6. The van der Waals surface area contributed by atoms with Gasteiger partial charge < -0.3 is 14.8 Å². The van der Waals surface area contributed by atoms with E-state index in [0.717, 1.165) is 4.68 Å². The molecule has 0 fully saturated rings. The fourth-order valence-corrected chi connectivity index (χ4v) is 2.64. The van der Waals surface area contributed by atoms with E-state index in [-0.39, 0.29) is 17.1 Å². The third kappa shape index (κ3) is 3.91. The lowest BCUT2D eigenvalue weighted by Gasteiger charge is -2.10. The first-order valence-electron chi connectivity index (χ1n) is 8.34. The van der Waals surface area contributed by atoms with Gasteiger partial charge in [0.25, 0.3) is 5.91 Å². The average Bonchev–Trinajstić information content (AvgIpc) is 3.20. The van der Waals surface area contributed by atoms with Crippen LogP contribution in [0.25, 0.3) is 0 Å². The number of ether oxygens (including phenoxy) is 2. The van der Waals surface area contributed by atoms with Gasteiger partial charge in [0.05, 0.1) is 31.9 Å². The number of nitrogens with zero attached hydrogens (tertiary/aromatic N) is 2. The zero-order chi connectivity index (χ0) is 22.0. The molecule has 0 unspecified atom stereocenters. The molecule has 3 rings (SSSR count). The van der Waals surface area contributed by atoms with E-state index in [1.54, 1.807) is 6.07 Å². The van der Waals surface area contributed by atoms with E-state index in [9.17, 15) is 26.7 Å². The van der Waals surface area contributed by atoms with Crippen LogP contribution in [0.1, 0.15) is 15.9 Å². The van der Waals surface area contributed by atoms with E-state index >= 15 is 0 Å². The summed E-state index contributed by atoms with van der Waals surface area (Å²) in [7, 11) is 2.82. The fourth-order valence-electron chi connectivity index (χ4n) is 2.64. The largest absolute Gasteiger partial charge is 0.497 e. The molecule has 0 aliphatic carbocycles. The highest BCUT2D eigenvalue weighted by Crippen LogP contribution is 2.26. The molecule has 11 heteroatoms. The van der Waals surface area contributed by atoms with Crippen molar-refractivity contribution in [3.63, 3.8) is 0 Å². The molecule has 1 aromatic heterocycles. The Labute approximate surface area is 166 Å². The molecule has 0 spiro atoms. The van der Waals surface area contributed by atoms with Gasteiger partial charge in [-0.15, -0.1) is 0 Å². The molecule has 0 atom stereocenters. The van der Waals surface area contributed by atoms with Gasteiger partial charge in [-0.25, -0.2) is 22.0 Å². The highest BCUT2D eigenvalue weighted by atomic mass is 19.2. The number of aromatic nitrogens is 2. The number of methoxy groups -OCH3 is 2. The molecule has 3 aromatic rings. The first-order chi connectivity index (χ1) is 14.3. The lowest BCUT2D eigenvalue weighted by atomic mass is 10.1. The normalized spacial score (nSPS) is 10.8. The predicted octanol–water partition coefficient (Wildman–Crippen LogP) is 3.90. The van der Waals surface area contributed by atoms with Crippen molar-refractivity contribution in [2.75, 3.05) is 19.5 Å². The van der Waals surface area contributed by atoms with E-state index in [1.807, 2.05) is 0 Å². The monoisotopic (exact) mass is 427 g/mol. The molecule has 1 N–H and O–H groups in total. The second-order valence-corrected chi connectivity index (χ2v) is 5.97. The molecule has 0 aliphatic rings. The minimum atomic E-state index is -2.24. The summed E-state index contributed by atoms with van der Waals surface area (Å²) in [5.41, 5.74) is -0.892. The van der Waals surface area contributed by atoms with Crippen molar-refractivity contribution in [1.82, 2.24) is 9.78 Å². The third-order valence-electron chi connectivity index (χ3n) is 4.16. The summed E-state index contributed by atoms with van der Waals surface area (Å²) < 4.78 is 78.5. The Morgan fingerprint density at radius 1 is 0.967 bits per heavy atom. The molecule has 1 heterocycles. The molecular formula is C19H14F5N3O3. The Morgan fingerprint density at radius 3 is 2.20 bits per heavy atom. The Morgan fingerprint density at radius 2 is 1.60 bits per heavy atom. The van der Waals surface area contributed by atoms with Crippen LogP contribution < -0.4 is 14.8 Å². The van der Waals surface area contributed by atoms with Gasteiger partial charge in [-0.1, -0.05) is 0 Å². The maximum Gasteiger partial charge on any atom is 0.260 e. The van der Waals surface area contributed by atoms with Crippen LogP contribution in [0, 0.1) is 29.1 Å². The first kappa shape index (κ1) is 21.1. The standard InChI is InChI=1S/C19H14F5N3O3/c1-29-9-3-4-10(12(7-9)30-2)19(28)25-13-5-6-27(26-13)8-11-14(20)16(22)18(24)17(23)15(11)21/h3-7H,8H2,1-2H3,(H,25,26,28). The van der Waals surface area contributed by atoms with Crippen molar-refractivity contribution in [1.29, 1.82) is 0 Å². The Balaban J connectivity index is 1.81. The summed E-state index contributed by atoms with van der Waals surface area (Å²) >= 11 is 0. The second-order valence-electron chi connectivity index (χ2n) is 5.97. The topological polar surface area (TPSA) is 65.4 Å². The van der Waals surface area contributed by atoms with Gasteiger partial charge in [0.1, 0.15) is 11.5 Å². The Hall–Kier alpha value is -3.63. The molecule has 0 bridgehead atoms. The van der Waals surface area contributed by atoms with Gasteiger partial charge in [0.2, 0.25) is 5.82 Å². The molecule has 0 radical (unpaired) electrons. The summed E-state index contributed by atoms with van der Waals surface area (Å²) in [5.74, 6) is -10.1. The van der Waals surface area contributed by atoms with E-state index in [1.165, 1.54) is 38.6 Å².